The number of aliphatic hydroxyl groups is 1. The van der Waals surface area contributed by atoms with E-state index in [9.17, 15) is 37.1 Å². The van der Waals surface area contributed by atoms with Gasteiger partial charge in [0.05, 0.1) is 19.5 Å². The Hall–Kier alpha value is -4.45. The highest BCUT2D eigenvalue weighted by Gasteiger charge is 2.28. The van der Waals surface area contributed by atoms with E-state index in [1.165, 1.54) is 23.5 Å². The maximum absolute atomic E-state index is 14.2. The number of hydrogen-bond acceptors (Lipinski definition) is 4. The molecule has 0 unspecified atom stereocenters. The number of nitrogens with one attached hydrogen (secondary N) is 2. The van der Waals surface area contributed by atoms with Crippen LogP contribution in [0.15, 0.2) is 66.7 Å². The summed E-state index contributed by atoms with van der Waals surface area (Å²) < 4.78 is 53.0. The first-order valence-electron chi connectivity index (χ1n) is 14.2. The molecule has 3 aromatic carbocycles. The number of halogens is 4. The zero-order chi connectivity index (χ0) is 31.9. The third-order valence-electron chi connectivity index (χ3n) is 7.44. The molecule has 8 nitrogen and oxygen atoms in total. The highest BCUT2D eigenvalue weighted by molar-refractivity contribution is 6.01. The maximum Gasteiger partial charge on any atom is 0.393 e. The Morgan fingerprint density at radius 3 is 2.18 bits per heavy atom. The molecule has 0 aliphatic heterocycles. The van der Waals surface area contributed by atoms with Crippen molar-refractivity contribution >= 4 is 29.3 Å². The summed E-state index contributed by atoms with van der Waals surface area (Å²) in [6, 6.07) is 15.7. The molecule has 0 bridgehead atoms. The monoisotopic (exact) mass is 615 g/mol. The molecule has 0 aromatic heterocycles. The van der Waals surface area contributed by atoms with E-state index in [4.69, 9.17) is 5.11 Å². The predicted octanol–water partition coefficient (Wildman–Crippen LogP) is 6.39. The topological polar surface area (TPSA) is 119 Å². The smallest absolute Gasteiger partial charge is 0.393 e. The second-order valence-corrected chi connectivity index (χ2v) is 10.8. The van der Waals surface area contributed by atoms with Crippen molar-refractivity contribution in [3.63, 3.8) is 0 Å². The molecule has 0 saturated heterocycles. The number of amides is 3. The number of aliphatic carboxylic acids is 1. The number of carbonyl (C=O) groups is 3. The maximum atomic E-state index is 14.2. The summed E-state index contributed by atoms with van der Waals surface area (Å²) in [5, 5.41) is 23.0. The van der Waals surface area contributed by atoms with Crippen molar-refractivity contribution in [2.45, 2.75) is 63.3 Å². The highest BCUT2D eigenvalue weighted by atomic mass is 19.4. The van der Waals surface area contributed by atoms with Crippen LogP contribution in [0.3, 0.4) is 0 Å². The van der Waals surface area contributed by atoms with Gasteiger partial charge in [-0.2, -0.15) is 13.2 Å². The lowest BCUT2D eigenvalue weighted by Crippen LogP contribution is -2.36. The van der Waals surface area contributed by atoms with Gasteiger partial charge in [-0.3, -0.25) is 9.69 Å². The fourth-order valence-electron chi connectivity index (χ4n) is 5.21. The molecule has 1 atom stereocenters. The second kappa shape index (κ2) is 14.3. The van der Waals surface area contributed by atoms with E-state index in [-0.39, 0.29) is 23.4 Å². The third kappa shape index (κ3) is 9.27. The second-order valence-electron chi connectivity index (χ2n) is 10.8. The quantitative estimate of drug-likeness (QED) is 0.197. The number of anilines is 2. The Balaban J connectivity index is 1.55. The van der Waals surface area contributed by atoms with Gasteiger partial charge in [0.1, 0.15) is 5.82 Å². The van der Waals surface area contributed by atoms with Crippen molar-refractivity contribution in [2.24, 2.45) is 0 Å². The van der Waals surface area contributed by atoms with Gasteiger partial charge in [0.25, 0.3) is 5.91 Å². The van der Waals surface area contributed by atoms with Gasteiger partial charge in [0.15, 0.2) is 6.10 Å². The van der Waals surface area contributed by atoms with E-state index < -0.39 is 49.0 Å². The lowest BCUT2D eigenvalue weighted by molar-refractivity contribution is -0.146. The molecule has 4 rings (SSSR count). The number of hydrogen-bond donors (Lipinski definition) is 4. The Bertz CT molecular complexity index is 1460. The van der Waals surface area contributed by atoms with E-state index in [1.54, 1.807) is 24.3 Å². The lowest BCUT2D eigenvalue weighted by atomic mass is 9.84. The first kappa shape index (κ1) is 32.5. The Morgan fingerprint density at radius 1 is 0.909 bits per heavy atom. The molecular weight excluding hydrogens is 582 g/mol. The van der Waals surface area contributed by atoms with E-state index in [0.29, 0.717) is 17.2 Å². The molecule has 3 amide bonds. The molecule has 0 spiro atoms. The van der Waals surface area contributed by atoms with Gasteiger partial charge in [-0.25, -0.2) is 14.0 Å². The number of carboxylic acid groups (broad SMARTS) is 1. The minimum Gasteiger partial charge on any atom is -0.479 e. The normalized spacial score (nSPS) is 14.5. The summed E-state index contributed by atoms with van der Waals surface area (Å²) in [5.74, 6) is -2.57. The molecule has 0 radical (unpaired) electrons. The van der Waals surface area contributed by atoms with Crippen LogP contribution in [0.2, 0.25) is 0 Å². The Labute approximate surface area is 251 Å². The van der Waals surface area contributed by atoms with Gasteiger partial charge in [-0.15, -0.1) is 0 Å². The number of aliphatic hydroxyl groups excluding tert-OH is 1. The molecular formula is C32H33F4N3O5. The zero-order valence-electron chi connectivity index (χ0n) is 23.7. The largest absolute Gasteiger partial charge is 0.479 e. The molecule has 1 aliphatic carbocycles. The van der Waals surface area contributed by atoms with E-state index in [0.717, 1.165) is 49.4 Å². The SMILES string of the molecule is O=C(NC[C@@H](O)C(=O)O)c1ccc(CN(C(=O)Nc2cc(F)cc(CC(F)(F)F)c2)c2ccc(C3CCCCC3)cc2)cc1. The van der Waals surface area contributed by atoms with Crippen LogP contribution >= 0.6 is 0 Å². The van der Waals surface area contributed by atoms with E-state index >= 15 is 0 Å². The standard InChI is InChI=1S/C32H33F4N3O5/c33-25-14-21(17-32(34,35)36)15-26(16-25)38-31(44)39(27-12-10-23(11-13-27)22-4-2-1-3-5-22)19-20-6-8-24(9-7-20)29(41)37-18-28(40)30(42)43/h6-16,22,28,40H,1-5,17-19H2,(H,37,41)(H,38,44)(H,42,43)/t28-/m1/s1. The first-order chi connectivity index (χ1) is 20.9. The number of nitrogens with zero attached hydrogens (tertiary/aromatic N) is 1. The van der Waals surface area contributed by atoms with Crippen molar-refractivity contribution in [1.82, 2.24) is 5.32 Å². The predicted molar refractivity (Wildman–Crippen MR) is 156 cm³/mol. The Morgan fingerprint density at radius 2 is 1.57 bits per heavy atom. The molecule has 1 aliphatic rings. The summed E-state index contributed by atoms with van der Waals surface area (Å²) in [4.78, 5) is 38.0. The molecule has 234 valence electrons. The average molecular weight is 616 g/mol. The van der Waals surface area contributed by atoms with Crippen molar-refractivity contribution < 1.29 is 42.2 Å². The zero-order valence-corrected chi connectivity index (χ0v) is 23.7. The van der Waals surface area contributed by atoms with Gasteiger partial charge < -0.3 is 20.8 Å². The average Bonchev–Trinajstić information content (AvgIpc) is 2.98. The van der Waals surface area contributed by atoms with Crippen molar-refractivity contribution in [3.8, 4) is 0 Å². The molecule has 3 aromatic rings. The summed E-state index contributed by atoms with van der Waals surface area (Å²) >= 11 is 0. The number of alkyl halides is 3. The van der Waals surface area contributed by atoms with Crippen LogP contribution < -0.4 is 15.5 Å². The van der Waals surface area contributed by atoms with Crippen molar-refractivity contribution in [1.29, 1.82) is 0 Å². The minimum atomic E-state index is -4.56. The number of carbonyl (C=O) groups excluding carboxylic acids is 2. The summed E-state index contributed by atoms with van der Waals surface area (Å²) in [5.41, 5.74) is 1.97. The number of rotatable bonds is 10. The van der Waals surface area contributed by atoms with Gasteiger partial charge in [0.2, 0.25) is 0 Å². The minimum absolute atomic E-state index is 0.00103. The summed E-state index contributed by atoms with van der Waals surface area (Å²) in [6.07, 6.45) is -1.99. The summed E-state index contributed by atoms with van der Waals surface area (Å²) in [6.45, 7) is -0.482. The van der Waals surface area contributed by atoms with Crippen LogP contribution in [0.25, 0.3) is 0 Å². The van der Waals surface area contributed by atoms with Gasteiger partial charge in [-0.05, 0) is 77.9 Å². The molecule has 12 heteroatoms. The highest BCUT2D eigenvalue weighted by Crippen LogP contribution is 2.34. The van der Waals surface area contributed by atoms with Crippen LogP contribution in [-0.4, -0.2) is 46.9 Å². The lowest BCUT2D eigenvalue weighted by Gasteiger charge is -2.26. The van der Waals surface area contributed by atoms with Gasteiger partial charge in [-0.1, -0.05) is 43.5 Å². The van der Waals surface area contributed by atoms with Crippen LogP contribution in [-0.2, 0) is 17.8 Å². The van der Waals surface area contributed by atoms with Crippen molar-refractivity contribution in [3.05, 3.63) is 94.8 Å². The van der Waals surface area contributed by atoms with Crippen LogP contribution in [0, 0.1) is 5.82 Å². The fourth-order valence-corrected chi connectivity index (χ4v) is 5.21. The number of urea groups is 1. The number of benzene rings is 3. The van der Waals surface area contributed by atoms with E-state index in [2.05, 4.69) is 10.6 Å². The molecule has 44 heavy (non-hydrogen) atoms. The van der Waals surface area contributed by atoms with Crippen molar-refractivity contribution in [2.75, 3.05) is 16.8 Å². The van der Waals surface area contributed by atoms with E-state index in [1.807, 2.05) is 12.1 Å². The summed E-state index contributed by atoms with van der Waals surface area (Å²) in [7, 11) is 0. The third-order valence-corrected chi connectivity index (χ3v) is 7.44. The van der Waals surface area contributed by atoms with Crippen LogP contribution in [0.5, 0.6) is 0 Å². The Kier molecular flexibility index (Phi) is 10.6. The first-order valence-corrected chi connectivity index (χ1v) is 14.2. The fraction of sp³-hybridized carbons (Fsp3) is 0.344. The van der Waals surface area contributed by atoms with Crippen LogP contribution in [0.4, 0.5) is 33.7 Å². The number of carboxylic acids is 1. The molecule has 1 fully saturated rings. The van der Waals surface area contributed by atoms with Gasteiger partial charge >= 0.3 is 18.2 Å². The molecule has 1 saturated carbocycles. The van der Waals surface area contributed by atoms with Gasteiger partial charge in [0, 0.05) is 16.9 Å². The molecule has 0 heterocycles. The molecule has 4 N–H and O–H groups in total. The van der Waals surface area contributed by atoms with Crippen LogP contribution in [0.1, 0.15) is 65.1 Å².